The topological polar surface area (TPSA) is 77.6 Å². The fourth-order valence-corrected chi connectivity index (χ4v) is 3.15. The van der Waals surface area contributed by atoms with Crippen LogP contribution < -0.4 is 5.32 Å². The van der Waals surface area contributed by atoms with E-state index in [1.54, 1.807) is 10.9 Å². The van der Waals surface area contributed by atoms with Crippen molar-refractivity contribution in [3.05, 3.63) is 72.8 Å². The van der Waals surface area contributed by atoms with E-state index in [1.807, 2.05) is 61.4 Å². The van der Waals surface area contributed by atoms with Crippen LogP contribution in [0.1, 0.15) is 11.3 Å². The molecule has 140 valence electrons. The molecule has 3 aromatic heterocycles. The molecule has 0 radical (unpaired) electrons. The van der Waals surface area contributed by atoms with E-state index in [2.05, 4.69) is 22.0 Å². The Hall–Kier alpha value is -3.74. The molecule has 0 spiro atoms. The van der Waals surface area contributed by atoms with Crippen molar-refractivity contribution in [3.8, 4) is 16.8 Å². The minimum Gasteiger partial charge on any atom is -0.347 e. The Kier molecular flexibility index (Phi) is 4.49. The summed E-state index contributed by atoms with van der Waals surface area (Å²) in [6.07, 6.45) is 6.77. The van der Waals surface area contributed by atoms with Crippen LogP contribution >= 0.6 is 0 Å². The van der Waals surface area contributed by atoms with Crippen LogP contribution in [-0.2, 0) is 18.4 Å². The maximum Gasteiger partial charge on any atom is 0.243 e. The lowest BCUT2D eigenvalue weighted by atomic mass is 10.1. The Labute approximate surface area is 162 Å². The molecule has 0 saturated heterocycles. The molecule has 0 unspecified atom stereocenters. The minimum atomic E-state index is -0.246. The molecule has 4 aromatic rings. The molecule has 0 aliphatic carbocycles. The van der Waals surface area contributed by atoms with Crippen molar-refractivity contribution >= 4 is 16.9 Å². The third-order valence-corrected chi connectivity index (χ3v) is 4.55. The van der Waals surface area contributed by atoms with E-state index in [-0.39, 0.29) is 12.5 Å². The summed E-state index contributed by atoms with van der Waals surface area (Å²) in [6, 6.07) is 10.0. The molecule has 7 heteroatoms. The fraction of sp³-hybridized carbons (Fsp3) is 0.143. The van der Waals surface area contributed by atoms with Crippen LogP contribution in [0.3, 0.4) is 0 Å². The van der Waals surface area contributed by atoms with Crippen LogP contribution in [-0.4, -0.2) is 30.5 Å². The van der Waals surface area contributed by atoms with E-state index in [4.69, 9.17) is 5.10 Å². The van der Waals surface area contributed by atoms with Gasteiger partial charge in [-0.1, -0.05) is 24.3 Å². The van der Waals surface area contributed by atoms with Gasteiger partial charge < -0.3 is 5.32 Å². The highest BCUT2D eigenvalue weighted by Gasteiger charge is 2.18. The first-order chi connectivity index (χ1) is 13.6. The first kappa shape index (κ1) is 17.7. The zero-order valence-corrected chi connectivity index (χ0v) is 15.8. The number of pyridine rings is 1. The number of hydrogen-bond acceptors (Lipinski definition) is 4. The van der Waals surface area contributed by atoms with E-state index >= 15 is 0 Å². The third kappa shape index (κ3) is 3.18. The third-order valence-electron chi connectivity index (χ3n) is 4.55. The second kappa shape index (κ2) is 7.11. The fourth-order valence-electron chi connectivity index (χ4n) is 3.15. The molecule has 0 atom stereocenters. The van der Waals surface area contributed by atoms with Crippen LogP contribution in [0.5, 0.6) is 0 Å². The van der Waals surface area contributed by atoms with Gasteiger partial charge in [0.25, 0.3) is 0 Å². The van der Waals surface area contributed by atoms with Crippen molar-refractivity contribution in [2.24, 2.45) is 7.05 Å². The Bertz CT molecular complexity index is 1170. The molecule has 0 aliphatic rings. The first-order valence-electron chi connectivity index (χ1n) is 8.90. The van der Waals surface area contributed by atoms with Gasteiger partial charge in [-0.25, -0.2) is 9.67 Å². The number of fused-ring (bicyclic) bond motifs is 1. The normalized spacial score (nSPS) is 10.9. The molecule has 0 bridgehead atoms. The largest absolute Gasteiger partial charge is 0.347 e. The highest BCUT2D eigenvalue weighted by molar-refractivity contribution is 5.95. The number of carbonyl (C=O) groups excluding carboxylic acids is 1. The minimum absolute atomic E-state index is 0.246. The molecule has 3 heterocycles. The highest BCUT2D eigenvalue weighted by Crippen LogP contribution is 2.31. The zero-order chi connectivity index (χ0) is 19.7. The van der Waals surface area contributed by atoms with Gasteiger partial charge in [0.15, 0.2) is 5.65 Å². The smallest absolute Gasteiger partial charge is 0.243 e. The number of amides is 1. The summed E-state index contributed by atoms with van der Waals surface area (Å²) < 4.78 is 3.56. The van der Waals surface area contributed by atoms with Crippen LogP contribution in [0, 0.1) is 6.92 Å². The van der Waals surface area contributed by atoms with Crippen LogP contribution in [0.25, 0.3) is 27.8 Å². The number of nitrogens with one attached hydrogen (secondary N) is 1. The van der Waals surface area contributed by atoms with Gasteiger partial charge in [-0.05, 0) is 36.8 Å². The number of benzene rings is 1. The number of aromatic nitrogens is 5. The lowest BCUT2D eigenvalue weighted by Crippen LogP contribution is -2.20. The van der Waals surface area contributed by atoms with Gasteiger partial charge in [0.2, 0.25) is 5.91 Å². The van der Waals surface area contributed by atoms with E-state index in [0.29, 0.717) is 0 Å². The summed E-state index contributed by atoms with van der Waals surface area (Å²) in [4.78, 5) is 16.3. The van der Waals surface area contributed by atoms with Crippen LogP contribution in [0.4, 0.5) is 0 Å². The number of aryl methyl sites for hydroxylation is 2. The summed E-state index contributed by atoms with van der Waals surface area (Å²) in [6.45, 7) is 5.82. The van der Waals surface area contributed by atoms with Crippen molar-refractivity contribution in [2.75, 3.05) is 0 Å². The molecular formula is C21H20N6O. The van der Waals surface area contributed by atoms with Gasteiger partial charge in [-0.15, -0.1) is 0 Å². The average Bonchev–Trinajstić information content (AvgIpc) is 3.30. The molecule has 0 aliphatic heterocycles. The average molecular weight is 372 g/mol. The van der Waals surface area contributed by atoms with E-state index in [9.17, 15) is 4.79 Å². The SMILES string of the molecule is C=CC(=O)NCc1nn(-c2ccc(C)cc2)c2nccc(-c3cnn(C)c3)c12. The summed E-state index contributed by atoms with van der Waals surface area (Å²) in [5.41, 5.74) is 5.48. The maximum atomic E-state index is 11.7. The van der Waals surface area contributed by atoms with Crippen LogP contribution in [0.2, 0.25) is 0 Å². The molecule has 0 fully saturated rings. The molecule has 28 heavy (non-hydrogen) atoms. The van der Waals surface area contributed by atoms with Gasteiger partial charge >= 0.3 is 0 Å². The monoisotopic (exact) mass is 372 g/mol. The zero-order valence-electron chi connectivity index (χ0n) is 15.8. The van der Waals surface area contributed by atoms with Crippen molar-refractivity contribution < 1.29 is 4.79 Å². The molecule has 1 N–H and O–H groups in total. The quantitative estimate of drug-likeness (QED) is 0.547. The molecule has 0 saturated carbocycles. The highest BCUT2D eigenvalue weighted by atomic mass is 16.1. The van der Waals surface area contributed by atoms with Gasteiger partial charge in [0.05, 0.1) is 29.5 Å². The standard InChI is InChI=1S/C21H20N6O/c1-4-19(28)23-12-18-20-17(15-11-24-26(3)13-15)9-10-22-21(20)27(25-18)16-7-5-14(2)6-8-16/h4-11,13H,1,12H2,2-3H3,(H,23,28). The molecule has 4 rings (SSSR count). The molecule has 1 amide bonds. The summed E-state index contributed by atoms with van der Waals surface area (Å²) >= 11 is 0. The predicted molar refractivity (Wildman–Crippen MR) is 108 cm³/mol. The van der Waals surface area contributed by atoms with E-state index < -0.39 is 0 Å². The lowest BCUT2D eigenvalue weighted by molar-refractivity contribution is -0.116. The summed E-state index contributed by atoms with van der Waals surface area (Å²) in [5, 5.41) is 12.8. The summed E-state index contributed by atoms with van der Waals surface area (Å²) in [5.74, 6) is -0.246. The van der Waals surface area contributed by atoms with Gasteiger partial charge in [-0.3, -0.25) is 9.48 Å². The second-order valence-electron chi connectivity index (χ2n) is 6.58. The van der Waals surface area contributed by atoms with Crippen molar-refractivity contribution in [1.29, 1.82) is 0 Å². The van der Waals surface area contributed by atoms with Gasteiger partial charge in [0, 0.05) is 25.0 Å². The second-order valence-corrected chi connectivity index (χ2v) is 6.58. The number of nitrogens with zero attached hydrogens (tertiary/aromatic N) is 5. The Morgan fingerprint density at radius 1 is 1.25 bits per heavy atom. The van der Waals surface area contributed by atoms with E-state index in [1.165, 1.54) is 11.6 Å². The molecular weight excluding hydrogens is 352 g/mol. The maximum absolute atomic E-state index is 11.7. The number of carbonyl (C=O) groups is 1. The van der Waals surface area contributed by atoms with E-state index in [0.717, 1.165) is 33.5 Å². The lowest BCUT2D eigenvalue weighted by Gasteiger charge is -2.04. The predicted octanol–water partition coefficient (Wildman–Crippen LogP) is 2.93. The number of rotatable bonds is 5. The van der Waals surface area contributed by atoms with Crippen molar-refractivity contribution in [2.45, 2.75) is 13.5 Å². The van der Waals surface area contributed by atoms with Gasteiger partial charge in [-0.2, -0.15) is 10.2 Å². The van der Waals surface area contributed by atoms with Crippen molar-refractivity contribution in [3.63, 3.8) is 0 Å². The molecule has 7 nitrogen and oxygen atoms in total. The summed E-state index contributed by atoms with van der Waals surface area (Å²) in [7, 11) is 1.88. The van der Waals surface area contributed by atoms with Crippen molar-refractivity contribution in [1.82, 2.24) is 29.9 Å². The first-order valence-corrected chi connectivity index (χ1v) is 8.90. The Morgan fingerprint density at radius 2 is 2.04 bits per heavy atom. The van der Waals surface area contributed by atoms with Crippen LogP contribution in [0.15, 0.2) is 61.6 Å². The Morgan fingerprint density at radius 3 is 2.71 bits per heavy atom. The number of hydrogen-bond donors (Lipinski definition) is 1. The van der Waals surface area contributed by atoms with Gasteiger partial charge in [0.1, 0.15) is 0 Å². The molecule has 1 aromatic carbocycles. The Balaban J connectivity index is 1.92.